The molecular weight excluding hydrogens is 809 g/mol. The summed E-state index contributed by atoms with van der Waals surface area (Å²) in [7, 11) is -4.00. The maximum absolute atomic E-state index is 13.8. The quantitative estimate of drug-likeness (QED) is 0.0702. The molecule has 7 rings (SSSR count). The zero-order chi connectivity index (χ0) is 42.9. The van der Waals surface area contributed by atoms with Crippen LogP contribution in [0.5, 0.6) is 0 Å². The second-order valence-corrected chi connectivity index (χ2v) is 17.9. The summed E-state index contributed by atoms with van der Waals surface area (Å²) in [6, 6.07) is 44.9. The lowest BCUT2D eigenvalue weighted by molar-refractivity contribution is -0.268. The van der Waals surface area contributed by atoms with Crippen molar-refractivity contribution in [2.24, 2.45) is 5.92 Å². The topological polar surface area (TPSA) is 151 Å². The van der Waals surface area contributed by atoms with Crippen molar-refractivity contribution in [1.82, 2.24) is 10.0 Å². The number of sulfonamides is 1. The van der Waals surface area contributed by atoms with Gasteiger partial charge in [0, 0.05) is 28.7 Å². The van der Waals surface area contributed by atoms with Crippen molar-refractivity contribution < 1.29 is 37.7 Å². The first-order valence-corrected chi connectivity index (χ1v) is 22.5. The van der Waals surface area contributed by atoms with Gasteiger partial charge in [0.2, 0.25) is 15.9 Å². The molecule has 0 bridgehead atoms. The predicted octanol–water partition coefficient (Wildman–Crippen LogP) is 8.64. The summed E-state index contributed by atoms with van der Waals surface area (Å²) in [5, 5.41) is 22.4. The van der Waals surface area contributed by atoms with Gasteiger partial charge in [-0.2, -0.15) is 4.72 Å². The van der Waals surface area contributed by atoms with Gasteiger partial charge < -0.3 is 25.0 Å². The van der Waals surface area contributed by atoms with Gasteiger partial charge in [0.25, 0.3) is 0 Å². The molecular formula is C49H48N2O8S2. The molecule has 314 valence electrons. The van der Waals surface area contributed by atoms with Gasteiger partial charge in [0.1, 0.15) is 6.04 Å². The fourth-order valence-corrected chi connectivity index (χ4v) is 9.75. The van der Waals surface area contributed by atoms with E-state index in [1.165, 1.54) is 23.9 Å². The van der Waals surface area contributed by atoms with E-state index in [0.717, 1.165) is 44.5 Å². The number of thioether (sulfide) groups is 1. The smallest absolute Gasteiger partial charge is 0.336 e. The number of amides is 1. The van der Waals surface area contributed by atoms with Crippen LogP contribution >= 0.6 is 11.8 Å². The van der Waals surface area contributed by atoms with E-state index in [2.05, 4.69) is 17.0 Å². The summed E-state index contributed by atoms with van der Waals surface area (Å²) in [4.78, 5) is 26.5. The first kappa shape index (κ1) is 43.5. The van der Waals surface area contributed by atoms with E-state index in [-0.39, 0.29) is 48.2 Å². The minimum absolute atomic E-state index is 0.0674. The second-order valence-electron chi connectivity index (χ2n) is 15.1. The maximum Gasteiger partial charge on any atom is 0.336 e. The average molecular weight is 857 g/mol. The minimum atomic E-state index is -4.00. The summed E-state index contributed by atoms with van der Waals surface area (Å²) in [5.74, 6) is -1.04. The lowest BCUT2D eigenvalue weighted by Gasteiger charge is -2.41. The van der Waals surface area contributed by atoms with E-state index in [0.29, 0.717) is 10.6 Å². The van der Waals surface area contributed by atoms with Gasteiger partial charge in [-0.25, -0.2) is 13.2 Å². The molecule has 12 heteroatoms. The standard InChI is InChI=1S/C49H48N2O8S2/c1-32-16-26-40(27-17-32)61(56,57)51-43(28-34-10-4-3-5-11-34)47(53)50-29-39-12-6-7-13-41(39)36-22-24-38(25-23-36)49-58-44(31-60-45-15-9-8-14-42(45)48(54)55)33(2)46(59-49)37-20-18-35(30-52)19-21-37/h3-27,33,43-44,46,49,51-52H,28-31H2,1-2H3,(H,50,53)(H,54,55). The Bertz CT molecular complexity index is 2530. The molecule has 0 radical (unpaired) electrons. The van der Waals surface area contributed by atoms with Crippen molar-refractivity contribution in [2.45, 2.75) is 67.8 Å². The number of aromatic carboxylic acids is 1. The third-order valence-electron chi connectivity index (χ3n) is 10.8. The fraction of sp³-hybridized carbons (Fsp3) is 0.224. The molecule has 1 aliphatic heterocycles. The van der Waals surface area contributed by atoms with E-state index in [1.807, 2.05) is 116 Å². The van der Waals surface area contributed by atoms with Crippen LogP contribution in [0, 0.1) is 12.8 Å². The predicted molar refractivity (Wildman–Crippen MR) is 236 cm³/mol. The van der Waals surface area contributed by atoms with Crippen molar-refractivity contribution >= 4 is 33.7 Å². The van der Waals surface area contributed by atoms with Crippen molar-refractivity contribution in [3.8, 4) is 11.1 Å². The van der Waals surface area contributed by atoms with Crippen molar-refractivity contribution in [3.05, 3.63) is 191 Å². The van der Waals surface area contributed by atoms with Gasteiger partial charge in [0.15, 0.2) is 6.29 Å². The largest absolute Gasteiger partial charge is 0.478 e. The van der Waals surface area contributed by atoms with Crippen LogP contribution in [0.3, 0.4) is 0 Å². The molecule has 10 nitrogen and oxygen atoms in total. The number of ether oxygens (including phenoxy) is 2. The minimum Gasteiger partial charge on any atom is -0.478 e. The number of hydrogen-bond donors (Lipinski definition) is 4. The average Bonchev–Trinajstić information content (AvgIpc) is 3.28. The highest BCUT2D eigenvalue weighted by molar-refractivity contribution is 7.99. The van der Waals surface area contributed by atoms with Gasteiger partial charge in [-0.3, -0.25) is 4.79 Å². The highest BCUT2D eigenvalue weighted by Crippen LogP contribution is 2.43. The summed E-state index contributed by atoms with van der Waals surface area (Å²) in [6.07, 6.45) is -1.21. The number of rotatable bonds is 16. The Labute approximate surface area is 361 Å². The number of carbonyl (C=O) groups is 2. The molecule has 1 heterocycles. The van der Waals surface area contributed by atoms with Gasteiger partial charge in [-0.05, 0) is 71.0 Å². The van der Waals surface area contributed by atoms with Gasteiger partial charge in [0.05, 0.1) is 29.3 Å². The monoisotopic (exact) mass is 856 g/mol. The molecule has 4 N–H and O–H groups in total. The molecule has 1 fully saturated rings. The molecule has 1 amide bonds. The highest BCUT2D eigenvalue weighted by atomic mass is 32.2. The van der Waals surface area contributed by atoms with E-state index >= 15 is 0 Å². The SMILES string of the molecule is Cc1ccc(S(=O)(=O)NC(Cc2ccccc2)C(=O)NCc2ccccc2-c2ccc(C3OC(CSc4ccccc4C(=O)O)C(C)C(c4ccc(CO)cc4)O3)cc2)cc1. The zero-order valence-electron chi connectivity index (χ0n) is 33.8. The lowest BCUT2D eigenvalue weighted by atomic mass is 9.91. The van der Waals surface area contributed by atoms with Crippen LogP contribution in [0.15, 0.2) is 161 Å². The fourth-order valence-electron chi connectivity index (χ4n) is 7.34. The van der Waals surface area contributed by atoms with Crippen LogP contribution in [-0.2, 0) is 43.9 Å². The molecule has 61 heavy (non-hydrogen) atoms. The van der Waals surface area contributed by atoms with Crippen LogP contribution in [0.4, 0.5) is 0 Å². The Morgan fingerprint density at radius 3 is 2.11 bits per heavy atom. The lowest BCUT2D eigenvalue weighted by Crippen LogP contribution is -2.47. The normalized spacial score (nSPS) is 18.3. The highest BCUT2D eigenvalue weighted by Gasteiger charge is 2.38. The Morgan fingerprint density at radius 1 is 0.754 bits per heavy atom. The number of carboxylic acids is 1. The van der Waals surface area contributed by atoms with E-state index in [9.17, 15) is 28.2 Å². The second kappa shape index (κ2) is 19.9. The van der Waals surface area contributed by atoms with Gasteiger partial charge >= 0.3 is 5.97 Å². The molecule has 1 aliphatic rings. The van der Waals surface area contributed by atoms with Crippen LogP contribution in [0.2, 0.25) is 0 Å². The number of aryl methyl sites for hydroxylation is 1. The molecule has 5 atom stereocenters. The van der Waals surface area contributed by atoms with E-state index in [1.54, 1.807) is 30.3 Å². The Kier molecular flexibility index (Phi) is 14.2. The number of benzene rings is 6. The molecule has 0 aromatic heterocycles. The van der Waals surface area contributed by atoms with Crippen LogP contribution in [-0.4, -0.2) is 48.4 Å². The zero-order valence-corrected chi connectivity index (χ0v) is 35.4. The third-order valence-corrected chi connectivity index (χ3v) is 13.5. The Hall–Kier alpha value is -5.60. The first-order chi connectivity index (χ1) is 29.5. The summed E-state index contributed by atoms with van der Waals surface area (Å²) >= 11 is 1.44. The number of aliphatic hydroxyl groups is 1. The molecule has 5 unspecified atom stereocenters. The molecule has 0 saturated carbocycles. The summed E-state index contributed by atoms with van der Waals surface area (Å²) < 4.78 is 42.8. The number of nitrogens with one attached hydrogen (secondary N) is 2. The van der Waals surface area contributed by atoms with Crippen molar-refractivity contribution in [2.75, 3.05) is 5.75 Å². The Balaban J connectivity index is 1.09. The van der Waals surface area contributed by atoms with Crippen molar-refractivity contribution in [1.29, 1.82) is 0 Å². The summed E-state index contributed by atoms with van der Waals surface area (Å²) in [6.45, 7) is 4.03. The molecule has 6 aromatic rings. The molecule has 0 aliphatic carbocycles. The summed E-state index contributed by atoms with van der Waals surface area (Å²) in [5.41, 5.74) is 7.14. The van der Waals surface area contributed by atoms with Crippen LogP contribution in [0.1, 0.15) is 63.1 Å². The molecule has 6 aromatic carbocycles. The number of carbonyl (C=O) groups excluding carboxylic acids is 1. The van der Waals surface area contributed by atoms with Crippen LogP contribution < -0.4 is 10.0 Å². The first-order valence-electron chi connectivity index (χ1n) is 20.0. The number of aliphatic hydroxyl groups excluding tert-OH is 1. The van der Waals surface area contributed by atoms with Crippen LogP contribution in [0.25, 0.3) is 11.1 Å². The number of carboxylic acid groups (broad SMARTS) is 1. The van der Waals surface area contributed by atoms with Gasteiger partial charge in [-0.1, -0.05) is 140 Å². The Morgan fingerprint density at radius 2 is 1.41 bits per heavy atom. The van der Waals surface area contributed by atoms with E-state index < -0.39 is 34.2 Å². The molecule has 1 saturated heterocycles. The van der Waals surface area contributed by atoms with Crippen molar-refractivity contribution in [3.63, 3.8) is 0 Å². The van der Waals surface area contributed by atoms with E-state index in [4.69, 9.17) is 9.47 Å². The van der Waals surface area contributed by atoms with Gasteiger partial charge in [-0.15, -0.1) is 11.8 Å². The maximum atomic E-state index is 13.8. The molecule has 0 spiro atoms. The number of hydrogen-bond acceptors (Lipinski definition) is 8. The third kappa shape index (κ3) is 10.8.